The van der Waals surface area contributed by atoms with Crippen LogP contribution in [0.3, 0.4) is 0 Å². The zero-order valence-electron chi connectivity index (χ0n) is 36.9. The fraction of sp³-hybridized carbons (Fsp3) is 0.714. The van der Waals surface area contributed by atoms with E-state index in [1.54, 1.807) is 0 Å². The zero-order chi connectivity index (χ0) is 42.5. The number of carbonyl (C=O) groups excluding carboxylic acids is 2. The van der Waals surface area contributed by atoms with E-state index in [0.29, 0.717) is 12.8 Å². The highest BCUT2D eigenvalue weighted by molar-refractivity contribution is 7.46. The minimum absolute atomic E-state index is 0.141. The van der Waals surface area contributed by atoms with Gasteiger partial charge in [0.25, 0.3) is 0 Å². The Morgan fingerprint density at radius 3 is 1.28 bits per heavy atom. The van der Waals surface area contributed by atoms with Gasteiger partial charge >= 0.3 is 19.8 Å². The molecular formula is C49H85O8P. The summed E-state index contributed by atoms with van der Waals surface area (Å²) in [6.45, 7) is 3.60. The molecule has 0 saturated heterocycles. The zero-order valence-corrected chi connectivity index (χ0v) is 37.8. The van der Waals surface area contributed by atoms with Gasteiger partial charge in [0, 0.05) is 12.8 Å². The average molecular weight is 833 g/mol. The number of phosphoric ester groups is 1. The van der Waals surface area contributed by atoms with Gasteiger partial charge in [-0.05, 0) is 77.0 Å². The number of hydrogen-bond acceptors (Lipinski definition) is 6. The molecule has 0 aliphatic heterocycles. The lowest BCUT2D eigenvalue weighted by Crippen LogP contribution is -2.29. The fourth-order valence-corrected chi connectivity index (χ4v) is 6.59. The number of ether oxygens (including phenoxy) is 2. The minimum Gasteiger partial charge on any atom is -0.462 e. The Balaban J connectivity index is 3.98. The van der Waals surface area contributed by atoms with E-state index in [2.05, 4.69) is 79.1 Å². The highest BCUT2D eigenvalue weighted by atomic mass is 31.2. The third-order valence-corrected chi connectivity index (χ3v) is 10.2. The Bertz CT molecular complexity index is 1170. The highest BCUT2D eigenvalue weighted by Gasteiger charge is 2.22. The van der Waals surface area contributed by atoms with Crippen molar-refractivity contribution >= 4 is 19.8 Å². The quantitative estimate of drug-likeness (QED) is 0.0270. The molecule has 0 aromatic carbocycles. The number of hydrogen-bond donors (Lipinski definition) is 2. The Kier molecular flexibility index (Phi) is 42.1. The van der Waals surface area contributed by atoms with Crippen molar-refractivity contribution < 1.29 is 37.9 Å². The van der Waals surface area contributed by atoms with E-state index in [0.717, 1.165) is 44.9 Å². The third kappa shape index (κ3) is 46.2. The van der Waals surface area contributed by atoms with Gasteiger partial charge in [-0.3, -0.25) is 14.1 Å². The molecule has 0 aromatic rings. The van der Waals surface area contributed by atoms with Crippen LogP contribution >= 0.6 is 7.82 Å². The van der Waals surface area contributed by atoms with Gasteiger partial charge in [-0.15, -0.1) is 0 Å². The van der Waals surface area contributed by atoms with E-state index in [1.807, 2.05) is 12.2 Å². The van der Waals surface area contributed by atoms with Crippen LogP contribution in [-0.2, 0) is 28.2 Å². The van der Waals surface area contributed by atoms with Gasteiger partial charge in [0.2, 0.25) is 0 Å². The molecule has 0 bridgehead atoms. The molecule has 2 N–H and O–H groups in total. The lowest BCUT2D eigenvalue weighted by molar-refractivity contribution is -0.161. The van der Waals surface area contributed by atoms with Crippen molar-refractivity contribution in [3.05, 3.63) is 72.9 Å². The summed E-state index contributed by atoms with van der Waals surface area (Å²) in [5, 5.41) is 0. The highest BCUT2D eigenvalue weighted by Crippen LogP contribution is 2.36. The van der Waals surface area contributed by atoms with Gasteiger partial charge in [0.15, 0.2) is 6.10 Å². The average Bonchev–Trinajstić information content (AvgIpc) is 3.20. The second-order valence-electron chi connectivity index (χ2n) is 15.4. The molecule has 1 atom stereocenters. The fourth-order valence-electron chi connectivity index (χ4n) is 6.23. The van der Waals surface area contributed by atoms with Crippen LogP contribution in [-0.4, -0.2) is 41.0 Å². The Morgan fingerprint density at radius 2 is 0.810 bits per heavy atom. The van der Waals surface area contributed by atoms with Crippen molar-refractivity contribution in [1.29, 1.82) is 0 Å². The summed E-state index contributed by atoms with van der Waals surface area (Å²) in [6.07, 6.45) is 57.8. The molecule has 0 amide bonds. The van der Waals surface area contributed by atoms with E-state index < -0.39 is 32.5 Å². The van der Waals surface area contributed by atoms with Gasteiger partial charge in [-0.25, -0.2) is 4.57 Å². The van der Waals surface area contributed by atoms with Gasteiger partial charge in [-0.1, -0.05) is 189 Å². The summed E-state index contributed by atoms with van der Waals surface area (Å²) < 4.78 is 26.4. The van der Waals surface area contributed by atoms with Gasteiger partial charge in [0.05, 0.1) is 6.61 Å². The number of carbonyl (C=O) groups is 2. The first-order chi connectivity index (χ1) is 28.3. The second kappa shape index (κ2) is 44.1. The van der Waals surface area contributed by atoms with E-state index in [1.165, 1.54) is 122 Å². The summed E-state index contributed by atoms with van der Waals surface area (Å²) in [5.74, 6) is -0.982. The van der Waals surface area contributed by atoms with Crippen molar-refractivity contribution in [1.82, 2.24) is 0 Å². The Labute approximate surface area is 355 Å². The lowest BCUT2D eigenvalue weighted by Gasteiger charge is -2.18. The normalized spacial score (nSPS) is 13.1. The van der Waals surface area contributed by atoms with Crippen LogP contribution in [0.1, 0.15) is 206 Å². The molecule has 0 radical (unpaired) electrons. The number of allylic oxidation sites excluding steroid dienone is 12. The van der Waals surface area contributed by atoms with Gasteiger partial charge in [0.1, 0.15) is 6.61 Å². The number of esters is 2. The van der Waals surface area contributed by atoms with Crippen LogP contribution in [0.5, 0.6) is 0 Å². The molecule has 9 heteroatoms. The molecule has 0 aliphatic carbocycles. The first-order valence-corrected chi connectivity index (χ1v) is 24.8. The second-order valence-corrected chi connectivity index (χ2v) is 16.6. The maximum atomic E-state index is 12.4. The van der Waals surface area contributed by atoms with Crippen molar-refractivity contribution in [2.24, 2.45) is 0 Å². The molecular weight excluding hydrogens is 748 g/mol. The molecule has 0 unspecified atom stereocenters. The number of rotatable bonds is 42. The molecule has 8 nitrogen and oxygen atoms in total. The summed E-state index contributed by atoms with van der Waals surface area (Å²) in [4.78, 5) is 42.9. The van der Waals surface area contributed by atoms with Gasteiger partial charge in [-0.2, -0.15) is 0 Å². The van der Waals surface area contributed by atoms with Gasteiger partial charge < -0.3 is 19.3 Å². The van der Waals surface area contributed by atoms with Crippen LogP contribution < -0.4 is 0 Å². The molecule has 58 heavy (non-hydrogen) atoms. The van der Waals surface area contributed by atoms with Crippen molar-refractivity contribution in [3.63, 3.8) is 0 Å². The molecule has 0 rings (SSSR count). The van der Waals surface area contributed by atoms with Crippen molar-refractivity contribution in [3.8, 4) is 0 Å². The predicted molar refractivity (Wildman–Crippen MR) is 244 cm³/mol. The molecule has 334 valence electrons. The summed E-state index contributed by atoms with van der Waals surface area (Å²) >= 11 is 0. The van der Waals surface area contributed by atoms with Crippen molar-refractivity contribution in [2.45, 2.75) is 213 Å². The van der Waals surface area contributed by atoms with Crippen LogP contribution in [0, 0.1) is 0 Å². The molecule has 0 heterocycles. The molecule has 0 spiro atoms. The first-order valence-electron chi connectivity index (χ1n) is 23.2. The Hall–Kier alpha value is -2.51. The number of unbranched alkanes of at least 4 members (excludes halogenated alkanes) is 20. The number of phosphoric acid groups is 1. The topological polar surface area (TPSA) is 119 Å². The smallest absolute Gasteiger partial charge is 0.462 e. The van der Waals surface area contributed by atoms with E-state index in [9.17, 15) is 14.2 Å². The van der Waals surface area contributed by atoms with E-state index >= 15 is 0 Å². The first kappa shape index (κ1) is 55.5. The SMILES string of the molecule is CCCCC/C=C\C/C=C\C/C=C\C/C=C\C/C=C\CCC(=O)OC[C@H](COP(=O)(O)O)OC(=O)CCCCCCCCCCCCC/C=C\CCCCCCCC. The standard InChI is InChI=1S/C49H85O8P/c1-3-5-7-9-11-13-15-17-19-21-23-24-26-28-30-32-34-36-38-40-42-44-49(51)57-47(46-56-58(52,53)54)45-55-48(50)43-41-39-37-35-33-31-29-27-25-22-20-18-16-14-12-10-8-6-4-2/h12,14,17-20,25,27,31,33,37,39,47H,3-11,13,15-16,21-24,26,28-30,32,34-36,38,40-46H2,1-2H3,(H2,52,53,54)/b14-12-,19-17-,20-18-,27-25-,33-31-,39-37-/t47-/m1/s1. The van der Waals surface area contributed by atoms with Crippen LogP contribution in [0.15, 0.2) is 72.9 Å². The molecule has 0 saturated carbocycles. The molecule has 0 aliphatic rings. The molecule has 0 aromatic heterocycles. The third-order valence-electron chi connectivity index (χ3n) is 9.71. The maximum absolute atomic E-state index is 12.4. The summed E-state index contributed by atoms with van der Waals surface area (Å²) in [7, 11) is -4.78. The van der Waals surface area contributed by atoms with Crippen LogP contribution in [0.25, 0.3) is 0 Å². The molecule has 0 fully saturated rings. The van der Waals surface area contributed by atoms with E-state index in [-0.39, 0.29) is 19.4 Å². The lowest BCUT2D eigenvalue weighted by atomic mass is 10.0. The predicted octanol–water partition coefficient (Wildman–Crippen LogP) is 14.6. The Morgan fingerprint density at radius 1 is 0.448 bits per heavy atom. The van der Waals surface area contributed by atoms with E-state index in [4.69, 9.17) is 19.3 Å². The monoisotopic (exact) mass is 833 g/mol. The summed E-state index contributed by atoms with van der Waals surface area (Å²) in [5.41, 5.74) is 0. The van der Waals surface area contributed by atoms with Crippen LogP contribution in [0.2, 0.25) is 0 Å². The minimum atomic E-state index is -4.78. The largest absolute Gasteiger partial charge is 0.469 e. The van der Waals surface area contributed by atoms with Crippen LogP contribution in [0.4, 0.5) is 0 Å². The maximum Gasteiger partial charge on any atom is 0.469 e. The summed E-state index contributed by atoms with van der Waals surface area (Å²) in [6, 6.07) is 0. The van der Waals surface area contributed by atoms with Crippen molar-refractivity contribution in [2.75, 3.05) is 13.2 Å².